The highest BCUT2D eigenvalue weighted by Crippen LogP contribution is 2.38. The number of benzene rings is 2. The summed E-state index contributed by atoms with van der Waals surface area (Å²) >= 11 is 0. The summed E-state index contributed by atoms with van der Waals surface area (Å²) in [6.07, 6.45) is 0.701. The van der Waals surface area contributed by atoms with Gasteiger partial charge in [-0.3, -0.25) is 0 Å². The average molecular weight is 274 g/mol. The Labute approximate surface area is 117 Å². The van der Waals surface area contributed by atoms with Gasteiger partial charge in [-0.25, -0.2) is 0 Å². The predicted molar refractivity (Wildman–Crippen MR) is 79.6 cm³/mol. The average Bonchev–Trinajstić information content (AvgIpc) is 2.40. The first-order valence-corrected chi connectivity index (χ1v) is 6.22. The first kappa shape index (κ1) is 14.0. The predicted octanol–water partition coefficient (Wildman–Crippen LogP) is 2.12. The van der Waals surface area contributed by atoms with Crippen molar-refractivity contribution in [2.24, 2.45) is 0 Å². The molecule has 0 amide bonds. The van der Waals surface area contributed by atoms with Gasteiger partial charge < -0.3 is 26.4 Å². The number of hydrogen-bond donors (Lipinski definition) is 4. The van der Waals surface area contributed by atoms with Gasteiger partial charge in [-0.1, -0.05) is 0 Å². The molecule has 5 heteroatoms. The summed E-state index contributed by atoms with van der Waals surface area (Å²) < 4.78 is 5.05. The number of rotatable bonds is 4. The number of phenolic OH excluding ortho intramolecular Hbond substituents is 2. The summed E-state index contributed by atoms with van der Waals surface area (Å²) in [6.45, 7) is 0.574. The molecule has 0 bridgehead atoms. The number of nitrogen functional groups attached to an aromatic ring is 2. The van der Waals surface area contributed by atoms with Gasteiger partial charge in [-0.05, 0) is 36.2 Å². The quantitative estimate of drug-likeness (QED) is 0.640. The molecule has 0 atom stereocenters. The molecule has 0 heterocycles. The van der Waals surface area contributed by atoms with E-state index in [9.17, 15) is 10.2 Å². The van der Waals surface area contributed by atoms with Crippen LogP contribution in [0.2, 0.25) is 0 Å². The second-order valence-electron chi connectivity index (χ2n) is 4.59. The first-order chi connectivity index (χ1) is 9.52. The standard InChI is InChI=1S/C15H18N2O3/c1-20-5-4-9-6-12(15(17)13(16)7-9)11-3-2-10(18)8-14(11)19/h2-3,6-8,18-19H,4-5,16-17H2,1H3. The van der Waals surface area contributed by atoms with E-state index in [4.69, 9.17) is 16.2 Å². The highest BCUT2D eigenvalue weighted by Gasteiger charge is 2.12. The van der Waals surface area contributed by atoms with Gasteiger partial charge in [0.2, 0.25) is 0 Å². The molecule has 0 spiro atoms. The Balaban J connectivity index is 2.51. The Bertz CT molecular complexity index is 627. The third-order valence-electron chi connectivity index (χ3n) is 3.14. The summed E-state index contributed by atoms with van der Waals surface area (Å²) in [4.78, 5) is 0. The van der Waals surface area contributed by atoms with Crippen LogP contribution in [0.1, 0.15) is 5.56 Å². The van der Waals surface area contributed by atoms with Crippen molar-refractivity contribution in [1.29, 1.82) is 0 Å². The van der Waals surface area contributed by atoms with Crippen molar-refractivity contribution in [3.63, 3.8) is 0 Å². The summed E-state index contributed by atoms with van der Waals surface area (Å²) in [5.74, 6) is -0.0478. The van der Waals surface area contributed by atoms with E-state index in [1.54, 1.807) is 19.2 Å². The number of nitrogens with two attached hydrogens (primary N) is 2. The molecule has 0 saturated carbocycles. The number of aromatic hydroxyl groups is 2. The van der Waals surface area contributed by atoms with Gasteiger partial charge in [0.25, 0.3) is 0 Å². The molecule has 2 aromatic rings. The van der Waals surface area contributed by atoms with E-state index < -0.39 is 0 Å². The van der Waals surface area contributed by atoms with Crippen molar-refractivity contribution in [1.82, 2.24) is 0 Å². The lowest BCUT2D eigenvalue weighted by Gasteiger charge is -2.13. The number of methoxy groups -OCH3 is 1. The highest BCUT2D eigenvalue weighted by atomic mass is 16.5. The van der Waals surface area contributed by atoms with Crippen LogP contribution in [-0.2, 0) is 11.2 Å². The highest BCUT2D eigenvalue weighted by molar-refractivity contribution is 5.87. The van der Waals surface area contributed by atoms with Gasteiger partial charge >= 0.3 is 0 Å². The molecule has 0 unspecified atom stereocenters. The number of anilines is 2. The van der Waals surface area contributed by atoms with Crippen LogP contribution in [0.25, 0.3) is 11.1 Å². The normalized spacial score (nSPS) is 10.7. The van der Waals surface area contributed by atoms with E-state index in [2.05, 4.69) is 0 Å². The zero-order chi connectivity index (χ0) is 14.7. The van der Waals surface area contributed by atoms with Crippen molar-refractivity contribution >= 4 is 11.4 Å². The van der Waals surface area contributed by atoms with E-state index in [0.29, 0.717) is 35.5 Å². The van der Waals surface area contributed by atoms with Crippen molar-refractivity contribution in [2.75, 3.05) is 25.2 Å². The molecule has 0 aliphatic carbocycles. The van der Waals surface area contributed by atoms with Gasteiger partial charge in [-0.15, -0.1) is 0 Å². The third-order valence-corrected chi connectivity index (χ3v) is 3.14. The SMILES string of the molecule is COCCc1cc(N)c(N)c(-c2ccc(O)cc2O)c1. The van der Waals surface area contributed by atoms with Gasteiger partial charge in [-0.2, -0.15) is 0 Å². The van der Waals surface area contributed by atoms with Crippen molar-refractivity contribution < 1.29 is 14.9 Å². The zero-order valence-electron chi connectivity index (χ0n) is 11.3. The molecule has 6 N–H and O–H groups in total. The second kappa shape index (κ2) is 5.71. The maximum absolute atomic E-state index is 9.95. The van der Waals surface area contributed by atoms with E-state index in [0.717, 1.165) is 5.56 Å². The fourth-order valence-electron chi connectivity index (χ4n) is 2.07. The summed E-state index contributed by atoms with van der Waals surface area (Å²) in [6, 6.07) is 8.04. The van der Waals surface area contributed by atoms with Crippen LogP contribution in [0.4, 0.5) is 11.4 Å². The Morgan fingerprint density at radius 1 is 1.05 bits per heavy atom. The Kier molecular flexibility index (Phi) is 4.00. The van der Waals surface area contributed by atoms with Crippen LogP contribution in [-0.4, -0.2) is 23.9 Å². The minimum absolute atomic E-state index is 0.00618. The van der Waals surface area contributed by atoms with Gasteiger partial charge in [0.05, 0.1) is 18.0 Å². The molecular formula is C15H18N2O3. The molecule has 0 aromatic heterocycles. The molecule has 0 aliphatic heterocycles. The second-order valence-corrected chi connectivity index (χ2v) is 4.59. The lowest BCUT2D eigenvalue weighted by atomic mass is 9.98. The minimum Gasteiger partial charge on any atom is -0.508 e. The lowest BCUT2D eigenvalue weighted by Crippen LogP contribution is -2.02. The number of ether oxygens (including phenoxy) is 1. The van der Waals surface area contributed by atoms with Crippen LogP contribution >= 0.6 is 0 Å². The van der Waals surface area contributed by atoms with Crippen LogP contribution < -0.4 is 11.5 Å². The Hall–Kier alpha value is -2.40. The maximum Gasteiger partial charge on any atom is 0.127 e. The summed E-state index contributed by atoms with van der Waals surface area (Å²) in [5, 5.41) is 19.3. The molecular weight excluding hydrogens is 256 g/mol. The van der Waals surface area contributed by atoms with Crippen molar-refractivity contribution in [3.8, 4) is 22.6 Å². The Morgan fingerprint density at radius 3 is 2.45 bits per heavy atom. The Morgan fingerprint density at radius 2 is 1.80 bits per heavy atom. The molecule has 0 saturated heterocycles. The first-order valence-electron chi connectivity index (χ1n) is 6.22. The zero-order valence-corrected chi connectivity index (χ0v) is 11.3. The number of hydrogen-bond acceptors (Lipinski definition) is 5. The monoisotopic (exact) mass is 274 g/mol. The maximum atomic E-state index is 9.95. The molecule has 0 aliphatic rings. The fraction of sp³-hybridized carbons (Fsp3) is 0.200. The van der Waals surface area contributed by atoms with E-state index in [-0.39, 0.29) is 11.5 Å². The van der Waals surface area contributed by atoms with Crippen LogP contribution in [0, 0.1) is 0 Å². The molecule has 2 aromatic carbocycles. The molecule has 2 rings (SSSR count). The smallest absolute Gasteiger partial charge is 0.127 e. The summed E-state index contributed by atoms with van der Waals surface area (Å²) in [5.41, 5.74) is 14.9. The molecule has 0 radical (unpaired) electrons. The topological polar surface area (TPSA) is 102 Å². The molecule has 20 heavy (non-hydrogen) atoms. The van der Waals surface area contributed by atoms with E-state index in [1.807, 2.05) is 6.07 Å². The van der Waals surface area contributed by atoms with Crippen LogP contribution in [0.15, 0.2) is 30.3 Å². The molecule has 106 valence electrons. The van der Waals surface area contributed by atoms with Gasteiger partial charge in [0.1, 0.15) is 11.5 Å². The molecule has 5 nitrogen and oxygen atoms in total. The van der Waals surface area contributed by atoms with Gasteiger partial charge in [0, 0.05) is 24.3 Å². The van der Waals surface area contributed by atoms with Gasteiger partial charge in [0.15, 0.2) is 0 Å². The summed E-state index contributed by atoms with van der Waals surface area (Å²) in [7, 11) is 1.63. The van der Waals surface area contributed by atoms with Crippen LogP contribution in [0.5, 0.6) is 11.5 Å². The fourth-order valence-corrected chi connectivity index (χ4v) is 2.07. The van der Waals surface area contributed by atoms with Crippen LogP contribution in [0.3, 0.4) is 0 Å². The molecule has 0 fully saturated rings. The lowest BCUT2D eigenvalue weighted by molar-refractivity contribution is 0.202. The van der Waals surface area contributed by atoms with Crippen molar-refractivity contribution in [3.05, 3.63) is 35.9 Å². The largest absolute Gasteiger partial charge is 0.508 e. The van der Waals surface area contributed by atoms with E-state index in [1.165, 1.54) is 12.1 Å². The minimum atomic E-state index is -0.0417. The third kappa shape index (κ3) is 2.78. The van der Waals surface area contributed by atoms with Crippen molar-refractivity contribution in [2.45, 2.75) is 6.42 Å². The number of phenols is 2. The van der Waals surface area contributed by atoms with E-state index >= 15 is 0 Å².